The number of sulfonamides is 1. The molecular weight excluding hydrogens is 264 g/mol. The van der Waals surface area contributed by atoms with Gasteiger partial charge < -0.3 is 10.8 Å². The molecule has 1 aliphatic rings. The topological polar surface area (TPSA) is 83.6 Å². The van der Waals surface area contributed by atoms with E-state index in [1.165, 1.54) is 10.4 Å². The fourth-order valence-electron chi connectivity index (χ4n) is 2.19. The van der Waals surface area contributed by atoms with Crippen molar-refractivity contribution in [3.63, 3.8) is 0 Å². The zero-order valence-electron chi connectivity index (χ0n) is 11.0. The quantitative estimate of drug-likeness (QED) is 0.763. The van der Waals surface area contributed by atoms with Crippen molar-refractivity contribution in [1.82, 2.24) is 4.31 Å². The van der Waals surface area contributed by atoms with Crippen LogP contribution in [-0.2, 0) is 16.4 Å². The molecule has 1 aromatic rings. The molecule has 0 aliphatic heterocycles. The van der Waals surface area contributed by atoms with Gasteiger partial charge in [0.1, 0.15) is 0 Å². The summed E-state index contributed by atoms with van der Waals surface area (Å²) in [6.45, 7) is 1.89. The minimum Gasteiger partial charge on any atom is -0.399 e. The maximum absolute atomic E-state index is 12.7. The Labute approximate surface area is 114 Å². The molecular formula is C13H20N2O3S. The second kappa shape index (κ2) is 5.48. The third-order valence-electron chi connectivity index (χ3n) is 3.33. The highest BCUT2D eigenvalue weighted by Gasteiger charge is 2.38. The third-order valence-corrected chi connectivity index (χ3v) is 5.37. The minimum atomic E-state index is -3.57. The first-order valence-electron chi connectivity index (χ1n) is 6.51. The van der Waals surface area contributed by atoms with Gasteiger partial charge in [-0.15, -0.1) is 0 Å². The second-order valence-electron chi connectivity index (χ2n) is 4.79. The number of hydrogen-bond acceptors (Lipinski definition) is 4. The van der Waals surface area contributed by atoms with Crippen LogP contribution in [0.15, 0.2) is 23.1 Å². The van der Waals surface area contributed by atoms with Crippen LogP contribution in [0.1, 0.15) is 25.3 Å². The van der Waals surface area contributed by atoms with Crippen LogP contribution in [0, 0.1) is 0 Å². The number of rotatable bonds is 6. The molecule has 0 aromatic heterocycles. The van der Waals surface area contributed by atoms with Crippen molar-refractivity contribution in [3.05, 3.63) is 23.8 Å². The fraction of sp³-hybridized carbons (Fsp3) is 0.538. The van der Waals surface area contributed by atoms with Crippen molar-refractivity contribution >= 4 is 15.7 Å². The molecule has 106 valence electrons. The second-order valence-corrected chi connectivity index (χ2v) is 6.65. The van der Waals surface area contributed by atoms with E-state index in [9.17, 15) is 8.42 Å². The van der Waals surface area contributed by atoms with Gasteiger partial charge in [0.2, 0.25) is 10.0 Å². The van der Waals surface area contributed by atoms with E-state index in [0.29, 0.717) is 12.1 Å². The summed E-state index contributed by atoms with van der Waals surface area (Å²) < 4.78 is 26.8. The van der Waals surface area contributed by atoms with Crippen LogP contribution in [0.25, 0.3) is 0 Å². The molecule has 0 unspecified atom stereocenters. The Morgan fingerprint density at radius 1 is 1.42 bits per heavy atom. The number of aliphatic hydroxyl groups excluding tert-OH is 1. The van der Waals surface area contributed by atoms with Crippen LogP contribution >= 0.6 is 0 Å². The Balaban J connectivity index is 2.45. The van der Waals surface area contributed by atoms with Gasteiger partial charge >= 0.3 is 0 Å². The standard InChI is InChI=1S/C13H20N2O3S/c1-2-10-3-4-11(14)9-13(10)19(17,18)15(7-8-16)12-5-6-12/h3-4,9,12,16H,2,5-8,14H2,1H3. The summed E-state index contributed by atoms with van der Waals surface area (Å²) in [6, 6.07) is 5.02. The zero-order chi connectivity index (χ0) is 14.0. The number of hydrogen-bond donors (Lipinski definition) is 2. The minimum absolute atomic E-state index is 0.0308. The average Bonchev–Trinajstić information content (AvgIpc) is 3.20. The molecule has 0 atom stereocenters. The molecule has 0 spiro atoms. The molecule has 1 fully saturated rings. The zero-order valence-corrected chi connectivity index (χ0v) is 11.9. The highest BCUT2D eigenvalue weighted by Crippen LogP contribution is 2.33. The van der Waals surface area contributed by atoms with Crippen LogP contribution in [0.3, 0.4) is 0 Å². The van der Waals surface area contributed by atoms with Gasteiger partial charge in [-0.2, -0.15) is 4.31 Å². The van der Waals surface area contributed by atoms with Gasteiger partial charge in [0.05, 0.1) is 11.5 Å². The van der Waals surface area contributed by atoms with Gasteiger partial charge in [0.15, 0.2) is 0 Å². The van der Waals surface area contributed by atoms with Crippen LogP contribution in [0.5, 0.6) is 0 Å². The fourth-order valence-corrected chi connectivity index (χ4v) is 4.20. The predicted molar refractivity (Wildman–Crippen MR) is 74.2 cm³/mol. The lowest BCUT2D eigenvalue weighted by Crippen LogP contribution is -2.36. The van der Waals surface area contributed by atoms with Crippen LogP contribution in [0.2, 0.25) is 0 Å². The Bertz CT molecular complexity index is 553. The van der Waals surface area contributed by atoms with E-state index in [2.05, 4.69) is 0 Å². The number of aryl methyl sites for hydroxylation is 1. The first kappa shape index (κ1) is 14.3. The molecule has 0 heterocycles. The van der Waals surface area contributed by atoms with Crippen LogP contribution in [-0.4, -0.2) is 37.0 Å². The Morgan fingerprint density at radius 3 is 2.63 bits per heavy atom. The van der Waals surface area contributed by atoms with Crippen LogP contribution in [0.4, 0.5) is 5.69 Å². The molecule has 1 aromatic carbocycles. The van der Waals surface area contributed by atoms with Gasteiger partial charge in [-0.3, -0.25) is 0 Å². The SMILES string of the molecule is CCc1ccc(N)cc1S(=O)(=O)N(CCO)C1CC1. The van der Waals surface area contributed by atoms with Gasteiger partial charge in [-0.25, -0.2) is 8.42 Å². The molecule has 0 amide bonds. The monoisotopic (exact) mass is 284 g/mol. The third kappa shape index (κ3) is 2.91. The first-order chi connectivity index (χ1) is 9.00. The van der Waals surface area contributed by atoms with Gasteiger partial charge in [0, 0.05) is 18.3 Å². The molecule has 0 bridgehead atoms. The number of nitrogens with zero attached hydrogens (tertiary/aromatic N) is 1. The van der Waals surface area contributed by atoms with E-state index in [4.69, 9.17) is 10.8 Å². The van der Waals surface area contributed by atoms with Crippen molar-refractivity contribution in [2.45, 2.75) is 37.1 Å². The molecule has 1 aliphatic carbocycles. The Kier molecular flexibility index (Phi) is 4.13. The molecule has 0 saturated heterocycles. The van der Waals surface area contributed by atoms with E-state index in [1.54, 1.807) is 12.1 Å². The summed E-state index contributed by atoms with van der Waals surface area (Å²) in [4.78, 5) is 0.273. The Hall–Kier alpha value is -1.11. The average molecular weight is 284 g/mol. The van der Waals surface area contributed by atoms with Crippen molar-refractivity contribution in [2.75, 3.05) is 18.9 Å². The van der Waals surface area contributed by atoms with Gasteiger partial charge in [-0.1, -0.05) is 13.0 Å². The van der Waals surface area contributed by atoms with Crippen molar-refractivity contribution in [3.8, 4) is 0 Å². The van der Waals surface area contributed by atoms with Gasteiger partial charge in [-0.05, 0) is 37.0 Å². The smallest absolute Gasteiger partial charge is 0.243 e. The number of benzene rings is 1. The first-order valence-corrected chi connectivity index (χ1v) is 7.95. The number of nitrogen functional groups attached to an aromatic ring is 1. The molecule has 0 radical (unpaired) electrons. The lowest BCUT2D eigenvalue weighted by molar-refractivity contribution is 0.250. The summed E-state index contributed by atoms with van der Waals surface area (Å²) in [5.41, 5.74) is 6.91. The van der Waals surface area contributed by atoms with E-state index in [0.717, 1.165) is 18.4 Å². The maximum atomic E-state index is 12.7. The number of nitrogens with two attached hydrogens (primary N) is 1. The molecule has 3 N–H and O–H groups in total. The van der Waals surface area contributed by atoms with Crippen molar-refractivity contribution in [2.24, 2.45) is 0 Å². The lowest BCUT2D eigenvalue weighted by Gasteiger charge is -2.22. The van der Waals surface area contributed by atoms with E-state index < -0.39 is 10.0 Å². The summed E-state index contributed by atoms with van der Waals surface area (Å²) in [6.07, 6.45) is 2.36. The predicted octanol–water partition coefficient (Wildman–Crippen LogP) is 0.977. The highest BCUT2D eigenvalue weighted by molar-refractivity contribution is 7.89. The van der Waals surface area contributed by atoms with Crippen molar-refractivity contribution < 1.29 is 13.5 Å². The van der Waals surface area contributed by atoms with E-state index in [-0.39, 0.29) is 24.1 Å². The molecule has 19 heavy (non-hydrogen) atoms. The number of anilines is 1. The molecule has 5 nitrogen and oxygen atoms in total. The van der Waals surface area contributed by atoms with E-state index >= 15 is 0 Å². The lowest BCUT2D eigenvalue weighted by atomic mass is 10.1. The summed E-state index contributed by atoms with van der Waals surface area (Å²) >= 11 is 0. The summed E-state index contributed by atoms with van der Waals surface area (Å²) in [5.74, 6) is 0. The van der Waals surface area contributed by atoms with Crippen LogP contribution < -0.4 is 5.73 Å². The maximum Gasteiger partial charge on any atom is 0.243 e. The summed E-state index contributed by atoms with van der Waals surface area (Å²) in [7, 11) is -3.57. The normalized spacial score (nSPS) is 15.9. The van der Waals surface area contributed by atoms with Crippen molar-refractivity contribution in [1.29, 1.82) is 0 Å². The number of aliphatic hydroxyl groups is 1. The highest BCUT2D eigenvalue weighted by atomic mass is 32.2. The molecule has 2 rings (SSSR count). The molecule has 6 heteroatoms. The molecule has 1 saturated carbocycles. The Morgan fingerprint density at radius 2 is 2.11 bits per heavy atom. The van der Waals surface area contributed by atoms with Gasteiger partial charge in [0.25, 0.3) is 0 Å². The van der Waals surface area contributed by atoms with E-state index in [1.807, 2.05) is 6.92 Å². The largest absolute Gasteiger partial charge is 0.399 e. The summed E-state index contributed by atoms with van der Waals surface area (Å²) in [5, 5.41) is 9.07.